The van der Waals surface area contributed by atoms with Crippen LogP contribution in [0.25, 0.3) is 11.1 Å². The maximum atomic E-state index is 15.3. The predicted molar refractivity (Wildman–Crippen MR) is 147 cm³/mol. The van der Waals surface area contributed by atoms with Crippen molar-refractivity contribution in [1.82, 2.24) is 9.78 Å². The number of carboxylic acid groups (broad SMARTS) is 1. The fourth-order valence-electron chi connectivity index (χ4n) is 6.03. The Labute approximate surface area is 232 Å². The number of rotatable bonds is 8. The van der Waals surface area contributed by atoms with Crippen LogP contribution in [0.4, 0.5) is 4.39 Å². The highest BCUT2D eigenvalue weighted by atomic mass is 19.1. The second-order valence-corrected chi connectivity index (χ2v) is 10.6. The lowest BCUT2D eigenvalue weighted by molar-refractivity contribution is -0.137. The van der Waals surface area contributed by atoms with E-state index in [1.54, 1.807) is 16.9 Å². The molecule has 40 heavy (non-hydrogen) atoms. The van der Waals surface area contributed by atoms with Crippen molar-refractivity contribution in [3.8, 4) is 28.4 Å². The summed E-state index contributed by atoms with van der Waals surface area (Å²) in [5.74, 6) is 0.698. The summed E-state index contributed by atoms with van der Waals surface area (Å²) in [5, 5.41) is 13.3. The Bertz CT molecular complexity index is 1590. The maximum absolute atomic E-state index is 15.3. The van der Waals surface area contributed by atoms with Crippen molar-refractivity contribution in [2.45, 2.75) is 51.7 Å². The van der Waals surface area contributed by atoms with Gasteiger partial charge in [0, 0.05) is 36.4 Å². The summed E-state index contributed by atoms with van der Waals surface area (Å²) in [7, 11) is 1.89. The van der Waals surface area contributed by atoms with Gasteiger partial charge in [0.15, 0.2) is 0 Å². The van der Waals surface area contributed by atoms with E-state index in [-0.39, 0.29) is 18.2 Å². The molecule has 0 bridgehead atoms. The molecule has 3 aromatic carbocycles. The monoisotopic (exact) mass is 542 g/mol. The van der Waals surface area contributed by atoms with Gasteiger partial charge in [0.1, 0.15) is 35.8 Å². The van der Waals surface area contributed by atoms with Crippen molar-refractivity contribution in [1.29, 1.82) is 0 Å². The van der Waals surface area contributed by atoms with Crippen molar-refractivity contribution in [2.75, 3.05) is 6.61 Å². The molecule has 2 atom stereocenters. The molecule has 0 spiro atoms. The van der Waals surface area contributed by atoms with E-state index in [1.807, 2.05) is 43.4 Å². The topological polar surface area (TPSA) is 82.8 Å². The van der Waals surface area contributed by atoms with Crippen LogP contribution < -0.4 is 14.2 Å². The molecule has 1 N–H and O–H groups in total. The third-order valence-electron chi connectivity index (χ3n) is 7.93. The lowest BCUT2D eigenvalue weighted by Gasteiger charge is -2.19. The van der Waals surface area contributed by atoms with Gasteiger partial charge in [0.25, 0.3) is 0 Å². The van der Waals surface area contributed by atoms with Gasteiger partial charge in [0.2, 0.25) is 0 Å². The second kappa shape index (κ2) is 10.3. The number of fused-ring (bicyclic) bond motifs is 2. The van der Waals surface area contributed by atoms with Gasteiger partial charge in [-0.15, -0.1) is 0 Å². The molecular weight excluding hydrogens is 511 g/mol. The first kappa shape index (κ1) is 25.9. The van der Waals surface area contributed by atoms with E-state index in [4.69, 9.17) is 19.3 Å². The number of carbonyl (C=O) groups is 1. The summed E-state index contributed by atoms with van der Waals surface area (Å²) in [6.45, 7) is 4.87. The second-order valence-electron chi connectivity index (χ2n) is 10.6. The van der Waals surface area contributed by atoms with E-state index in [9.17, 15) is 4.79 Å². The zero-order chi connectivity index (χ0) is 28.0. The molecule has 0 fully saturated rings. The fraction of sp³-hybridized carbons (Fsp3) is 0.312. The van der Waals surface area contributed by atoms with Gasteiger partial charge in [-0.2, -0.15) is 5.10 Å². The zero-order valence-electron chi connectivity index (χ0n) is 22.7. The average molecular weight is 543 g/mol. The molecule has 2 heterocycles. The molecule has 0 amide bonds. The SMILES string of the molecule is Cc1cc(OCc2ccnn2C)cc(C)c1-c1ccc(F)c2c1CC[C@H]2Oc1ccc2c(c1)OC[C@H]2CC(=O)O. The molecule has 8 heteroatoms. The molecule has 1 aliphatic heterocycles. The molecule has 2 aliphatic rings. The molecule has 0 saturated heterocycles. The molecule has 0 unspecified atom stereocenters. The lowest BCUT2D eigenvalue weighted by atomic mass is 9.90. The van der Waals surface area contributed by atoms with Crippen LogP contribution in [0.1, 0.15) is 58.4 Å². The number of aromatic nitrogens is 2. The molecule has 1 aliphatic carbocycles. The predicted octanol–water partition coefficient (Wildman–Crippen LogP) is 6.44. The highest BCUT2D eigenvalue weighted by Gasteiger charge is 2.32. The first-order valence-electron chi connectivity index (χ1n) is 13.5. The lowest BCUT2D eigenvalue weighted by Crippen LogP contribution is -2.07. The number of halogens is 1. The Morgan fingerprint density at radius 2 is 1.93 bits per heavy atom. The van der Waals surface area contributed by atoms with Crippen LogP contribution in [0.15, 0.2) is 54.7 Å². The molecule has 6 rings (SSSR count). The Hall–Kier alpha value is -4.33. The van der Waals surface area contributed by atoms with Gasteiger partial charge in [-0.05, 0) is 84.8 Å². The summed E-state index contributed by atoms with van der Waals surface area (Å²) >= 11 is 0. The van der Waals surface area contributed by atoms with Crippen LogP contribution in [0.3, 0.4) is 0 Å². The summed E-state index contributed by atoms with van der Waals surface area (Å²) in [6.07, 6.45) is 2.71. The molecule has 4 aromatic rings. The molecule has 206 valence electrons. The van der Waals surface area contributed by atoms with Gasteiger partial charge in [-0.1, -0.05) is 12.1 Å². The van der Waals surface area contributed by atoms with Gasteiger partial charge < -0.3 is 19.3 Å². The average Bonchev–Trinajstić information content (AvgIpc) is 3.63. The maximum Gasteiger partial charge on any atom is 0.304 e. The number of hydrogen-bond donors (Lipinski definition) is 1. The van der Waals surface area contributed by atoms with Gasteiger partial charge >= 0.3 is 5.97 Å². The Morgan fingerprint density at radius 3 is 2.65 bits per heavy atom. The van der Waals surface area contributed by atoms with Crippen molar-refractivity contribution < 1.29 is 28.5 Å². The van der Waals surface area contributed by atoms with Crippen LogP contribution in [0.2, 0.25) is 0 Å². The van der Waals surface area contributed by atoms with Crippen molar-refractivity contribution in [3.63, 3.8) is 0 Å². The van der Waals surface area contributed by atoms with E-state index in [1.165, 1.54) is 6.07 Å². The number of hydrogen-bond acceptors (Lipinski definition) is 5. The molecule has 0 radical (unpaired) electrons. The van der Waals surface area contributed by atoms with E-state index in [0.29, 0.717) is 43.1 Å². The summed E-state index contributed by atoms with van der Waals surface area (Å²) in [6, 6.07) is 14.9. The number of aryl methyl sites for hydroxylation is 3. The first-order chi connectivity index (χ1) is 19.3. The normalized spacial score (nSPS) is 17.3. The third-order valence-corrected chi connectivity index (χ3v) is 7.93. The Morgan fingerprint density at radius 1 is 1.12 bits per heavy atom. The van der Waals surface area contributed by atoms with Crippen LogP contribution in [0.5, 0.6) is 17.2 Å². The minimum absolute atomic E-state index is 0.0213. The van der Waals surface area contributed by atoms with E-state index < -0.39 is 12.1 Å². The van der Waals surface area contributed by atoms with E-state index in [0.717, 1.165) is 44.8 Å². The van der Waals surface area contributed by atoms with E-state index in [2.05, 4.69) is 18.9 Å². The van der Waals surface area contributed by atoms with Gasteiger partial charge in [0.05, 0.1) is 18.7 Å². The first-order valence-corrected chi connectivity index (χ1v) is 13.5. The molecular formula is C32H31FN2O5. The van der Waals surface area contributed by atoms with E-state index >= 15 is 4.39 Å². The van der Waals surface area contributed by atoms with Gasteiger partial charge in [-0.25, -0.2) is 4.39 Å². The summed E-state index contributed by atoms with van der Waals surface area (Å²) in [5.41, 5.74) is 7.64. The highest BCUT2D eigenvalue weighted by molar-refractivity contribution is 5.76. The Kier molecular flexibility index (Phi) is 6.70. The smallest absolute Gasteiger partial charge is 0.304 e. The van der Waals surface area contributed by atoms with Crippen LogP contribution in [-0.4, -0.2) is 27.5 Å². The third kappa shape index (κ3) is 4.78. The molecule has 1 aromatic heterocycles. The van der Waals surface area contributed by atoms with Crippen molar-refractivity contribution in [2.24, 2.45) is 7.05 Å². The molecule has 0 saturated carbocycles. The zero-order valence-corrected chi connectivity index (χ0v) is 22.7. The van der Waals surface area contributed by atoms with Crippen molar-refractivity contribution >= 4 is 5.97 Å². The summed E-state index contributed by atoms with van der Waals surface area (Å²) in [4.78, 5) is 11.2. The number of ether oxygens (including phenoxy) is 3. The quantitative estimate of drug-likeness (QED) is 0.276. The number of nitrogens with zero attached hydrogens (tertiary/aromatic N) is 2. The van der Waals surface area contributed by atoms with Crippen molar-refractivity contribution in [3.05, 3.63) is 94.1 Å². The molecule has 7 nitrogen and oxygen atoms in total. The van der Waals surface area contributed by atoms with Crippen LogP contribution in [0, 0.1) is 19.7 Å². The minimum Gasteiger partial charge on any atom is -0.492 e. The largest absolute Gasteiger partial charge is 0.492 e. The number of carboxylic acids is 1. The highest BCUT2D eigenvalue weighted by Crippen LogP contribution is 2.45. The number of benzene rings is 3. The number of aliphatic carboxylic acids is 1. The summed E-state index contributed by atoms with van der Waals surface area (Å²) < 4.78 is 35.2. The Balaban J connectivity index is 1.25. The minimum atomic E-state index is -0.854. The van der Waals surface area contributed by atoms with Crippen LogP contribution in [-0.2, 0) is 24.9 Å². The van der Waals surface area contributed by atoms with Gasteiger partial charge in [-0.3, -0.25) is 9.48 Å². The fourth-order valence-corrected chi connectivity index (χ4v) is 6.03. The standard InChI is InChI=1S/C32H31FN2O5/c1-18-12-23(38-17-21-10-11-34-35(21)3)13-19(2)31(18)25-6-8-27(33)32-26(25)7-9-28(32)40-22-4-5-24-20(14-30(36)37)16-39-29(24)15-22/h4-6,8,10-13,15,20,28H,7,9,14,16-17H2,1-3H3,(H,36,37)/t20-,28-/m1/s1. The van der Waals surface area contributed by atoms with Crippen LogP contribution >= 0.6 is 0 Å².